The van der Waals surface area contributed by atoms with Gasteiger partial charge in [-0.3, -0.25) is 0 Å². The average Bonchev–Trinajstić information content (AvgIpc) is 2.23. The molecule has 1 atom stereocenters. The van der Waals surface area contributed by atoms with Crippen molar-refractivity contribution >= 4 is 0 Å². The normalized spacial score (nSPS) is 11.4. The van der Waals surface area contributed by atoms with E-state index >= 15 is 0 Å². The fourth-order valence-corrected chi connectivity index (χ4v) is 1.29. The average molecular weight is 257 g/mol. The standard InChI is InChI=1S/C9H20.C8H16.CH4/c1-5-9(4)7-6-8(2)3;1-7(2)5-6-8(3)4;/h8-9H,5-7H2,1-4H3;5,8H,6H2,1-4H3;1H4. The third-order valence-electron chi connectivity index (χ3n) is 2.93. The van der Waals surface area contributed by atoms with Crippen LogP contribution in [0.25, 0.3) is 0 Å². The molecular weight excluding hydrogens is 216 g/mol. The molecule has 0 aromatic heterocycles. The van der Waals surface area contributed by atoms with E-state index in [0.29, 0.717) is 0 Å². The molecule has 18 heavy (non-hydrogen) atoms. The van der Waals surface area contributed by atoms with Crippen LogP contribution in [0.2, 0.25) is 0 Å². The van der Waals surface area contributed by atoms with Crippen molar-refractivity contribution in [1.82, 2.24) is 0 Å². The zero-order valence-electron chi connectivity index (χ0n) is 13.6. The molecule has 0 fully saturated rings. The lowest BCUT2D eigenvalue weighted by Crippen LogP contribution is -1.95. The Balaban J connectivity index is -0.000000238. The highest BCUT2D eigenvalue weighted by Crippen LogP contribution is 2.13. The SMILES string of the molecule is C.CC(C)=CCC(C)C.CCC(C)CCC(C)C. The zero-order valence-corrected chi connectivity index (χ0v) is 13.6. The zero-order chi connectivity index (χ0) is 13.8. The maximum atomic E-state index is 2.34. The number of allylic oxidation sites excluding steroid dienone is 2. The summed E-state index contributed by atoms with van der Waals surface area (Å²) in [7, 11) is 0. The summed E-state index contributed by atoms with van der Waals surface area (Å²) >= 11 is 0. The Labute approximate surface area is 118 Å². The topological polar surface area (TPSA) is 0 Å². The minimum Gasteiger partial charge on any atom is -0.0856 e. The van der Waals surface area contributed by atoms with Gasteiger partial charge < -0.3 is 0 Å². The Morgan fingerprint density at radius 3 is 1.61 bits per heavy atom. The predicted octanol–water partition coefficient (Wildman–Crippen LogP) is 7.10. The monoisotopic (exact) mass is 256 g/mol. The van der Waals surface area contributed by atoms with Gasteiger partial charge in [-0.1, -0.05) is 79.9 Å². The molecule has 0 rings (SSSR count). The van der Waals surface area contributed by atoms with Crippen molar-refractivity contribution in [3.63, 3.8) is 0 Å². The summed E-state index contributed by atoms with van der Waals surface area (Å²) in [4.78, 5) is 0. The number of hydrogen-bond donors (Lipinski definition) is 0. The molecule has 0 aliphatic rings. The molecule has 0 heteroatoms. The summed E-state index contributed by atoms with van der Waals surface area (Å²) in [5, 5.41) is 0. The summed E-state index contributed by atoms with van der Waals surface area (Å²) in [6, 6.07) is 0. The summed E-state index contributed by atoms with van der Waals surface area (Å²) in [6.45, 7) is 17.9. The van der Waals surface area contributed by atoms with E-state index in [1.165, 1.54) is 31.3 Å². The van der Waals surface area contributed by atoms with Crippen LogP contribution < -0.4 is 0 Å². The highest BCUT2D eigenvalue weighted by molar-refractivity contribution is 4.92. The van der Waals surface area contributed by atoms with Gasteiger partial charge in [0.2, 0.25) is 0 Å². The molecule has 0 heterocycles. The van der Waals surface area contributed by atoms with Crippen LogP contribution in [-0.4, -0.2) is 0 Å². The number of hydrogen-bond acceptors (Lipinski definition) is 0. The third-order valence-corrected chi connectivity index (χ3v) is 2.93. The lowest BCUT2D eigenvalue weighted by molar-refractivity contribution is 0.441. The summed E-state index contributed by atoms with van der Waals surface area (Å²) in [5.41, 5.74) is 1.43. The van der Waals surface area contributed by atoms with Crippen LogP contribution in [0, 0.1) is 17.8 Å². The molecule has 0 aliphatic heterocycles. The Bertz CT molecular complexity index is 170. The van der Waals surface area contributed by atoms with E-state index in [9.17, 15) is 0 Å². The largest absolute Gasteiger partial charge is 0.0856 e. The van der Waals surface area contributed by atoms with Crippen LogP contribution in [0.5, 0.6) is 0 Å². The van der Waals surface area contributed by atoms with Crippen molar-refractivity contribution in [3.05, 3.63) is 11.6 Å². The summed E-state index contributed by atoms with van der Waals surface area (Å²) in [6.07, 6.45) is 7.66. The highest BCUT2D eigenvalue weighted by atomic mass is 14.1. The second-order valence-electron chi connectivity index (χ2n) is 6.40. The van der Waals surface area contributed by atoms with E-state index in [0.717, 1.165) is 17.8 Å². The smallest absolute Gasteiger partial charge is 0.0325 e. The molecular formula is C18H40. The highest BCUT2D eigenvalue weighted by Gasteiger charge is 1.99. The minimum absolute atomic E-state index is 0. The fourth-order valence-electron chi connectivity index (χ4n) is 1.29. The van der Waals surface area contributed by atoms with E-state index in [1.807, 2.05) is 0 Å². The molecule has 0 nitrogen and oxygen atoms in total. The van der Waals surface area contributed by atoms with Crippen molar-refractivity contribution in [2.24, 2.45) is 17.8 Å². The first-order valence-electron chi connectivity index (χ1n) is 7.42. The Kier molecular flexibility index (Phi) is 18.8. The van der Waals surface area contributed by atoms with Gasteiger partial charge in [0.15, 0.2) is 0 Å². The van der Waals surface area contributed by atoms with Crippen LogP contribution in [0.3, 0.4) is 0 Å². The lowest BCUT2D eigenvalue weighted by atomic mass is 9.98. The molecule has 0 aromatic rings. The molecule has 0 aromatic carbocycles. The van der Waals surface area contributed by atoms with E-state index in [2.05, 4.69) is 61.5 Å². The Morgan fingerprint density at radius 1 is 0.889 bits per heavy atom. The van der Waals surface area contributed by atoms with E-state index in [4.69, 9.17) is 0 Å². The van der Waals surface area contributed by atoms with Gasteiger partial charge in [-0.2, -0.15) is 0 Å². The van der Waals surface area contributed by atoms with E-state index in [1.54, 1.807) is 0 Å². The summed E-state index contributed by atoms with van der Waals surface area (Å²) in [5.74, 6) is 2.64. The number of rotatable bonds is 6. The maximum Gasteiger partial charge on any atom is -0.0325 e. The van der Waals surface area contributed by atoms with Crippen LogP contribution >= 0.6 is 0 Å². The van der Waals surface area contributed by atoms with E-state index < -0.39 is 0 Å². The van der Waals surface area contributed by atoms with Gasteiger partial charge in [0.05, 0.1) is 0 Å². The third kappa shape index (κ3) is 24.8. The molecule has 0 N–H and O–H groups in total. The molecule has 0 saturated carbocycles. The minimum atomic E-state index is 0. The van der Waals surface area contributed by atoms with Gasteiger partial charge in [0.25, 0.3) is 0 Å². The van der Waals surface area contributed by atoms with Gasteiger partial charge >= 0.3 is 0 Å². The second kappa shape index (κ2) is 14.8. The molecule has 0 amide bonds. The quantitative estimate of drug-likeness (QED) is 0.444. The van der Waals surface area contributed by atoms with Crippen LogP contribution in [-0.2, 0) is 0 Å². The van der Waals surface area contributed by atoms with Crippen molar-refractivity contribution < 1.29 is 0 Å². The van der Waals surface area contributed by atoms with E-state index in [-0.39, 0.29) is 7.43 Å². The first-order chi connectivity index (χ1) is 7.79. The fraction of sp³-hybridized carbons (Fsp3) is 0.889. The lowest BCUT2D eigenvalue weighted by Gasteiger charge is -2.09. The predicted molar refractivity (Wildman–Crippen MR) is 89.1 cm³/mol. The first-order valence-corrected chi connectivity index (χ1v) is 7.42. The van der Waals surface area contributed by atoms with Gasteiger partial charge in [0, 0.05) is 0 Å². The van der Waals surface area contributed by atoms with Gasteiger partial charge in [-0.25, -0.2) is 0 Å². The van der Waals surface area contributed by atoms with Gasteiger partial charge in [-0.05, 0) is 38.0 Å². The van der Waals surface area contributed by atoms with Crippen molar-refractivity contribution in [2.75, 3.05) is 0 Å². The maximum absolute atomic E-state index is 2.34. The molecule has 0 radical (unpaired) electrons. The van der Waals surface area contributed by atoms with Crippen molar-refractivity contribution in [3.8, 4) is 0 Å². The Hall–Kier alpha value is -0.260. The molecule has 0 bridgehead atoms. The molecule has 1 unspecified atom stereocenters. The molecule has 112 valence electrons. The molecule has 0 aliphatic carbocycles. The molecule has 0 saturated heterocycles. The first kappa shape index (κ1) is 22.9. The van der Waals surface area contributed by atoms with Gasteiger partial charge in [-0.15, -0.1) is 0 Å². The van der Waals surface area contributed by atoms with Gasteiger partial charge in [0.1, 0.15) is 0 Å². The summed E-state index contributed by atoms with van der Waals surface area (Å²) < 4.78 is 0. The van der Waals surface area contributed by atoms with Crippen molar-refractivity contribution in [2.45, 2.75) is 88.5 Å². The second-order valence-corrected chi connectivity index (χ2v) is 6.40. The van der Waals surface area contributed by atoms with Crippen LogP contribution in [0.15, 0.2) is 11.6 Å². The van der Waals surface area contributed by atoms with Crippen LogP contribution in [0.1, 0.15) is 88.5 Å². The van der Waals surface area contributed by atoms with Crippen molar-refractivity contribution in [1.29, 1.82) is 0 Å². The molecule has 0 spiro atoms. The Morgan fingerprint density at radius 2 is 1.39 bits per heavy atom. The van der Waals surface area contributed by atoms with Crippen LogP contribution in [0.4, 0.5) is 0 Å².